The van der Waals surface area contributed by atoms with E-state index in [0.717, 1.165) is 61.9 Å². The highest BCUT2D eigenvalue weighted by atomic mass is 16.7. The van der Waals surface area contributed by atoms with Crippen LogP contribution in [0.2, 0.25) is 0 Å². The van der Waals surface area contributed by atoms with E-state index in [1.54, 1.807) is 14.2 Å². The smallest absolute Gasteiger partial charge is 0.231 e. The van der Waals surface area contributed by atoms with Crippen molar-refractivity contribution in [2.45, 2.75) is 13.5 Å². The number of nitrogens with zero attached hydrogens (tertiary/aromatic N) is 1. The van der Waals surface area contributed by atoms with E-state index in [1.165, 1.54) is 0 Å². The molecule has 29 heavy (non-hydrogen) atoms. The van der Waals surface area contributed by atoms with Crippen molar-refractivity contribution in [3.63, 3.8) is 0 Å². The van der Waals surface area contributed by atoms with Crippen molar-refractivity contribution in [3.8, 4) is 39.9 Å². The highest BCUT2D eigenvalue weighted by Gasteiger charge is 2.29. The molecule has 0 saturated carbocycles. The molecule has 0 N–H and O–H groups in total. The SMILES string of the molecule is CCOc1cc2c(c3cc4c(cc13)OCO4)N(C)Cc1c-2ccc(OC)c1OC. The van der Waals surface area contributed by atoms with Crippen LogP contribution in [0, 0.1) is 0 Å². The topological polar surface area (TPSA) is 49.4 Å². The molecule has 0 radical (unpaired) electrons. The summed E-state index contributed by atoms with van der Waals surface area (Å²) in [5.41, 5.74) is 4.46. The molecule has 0 amide bonds. The Bertz CT molecular complexity index is 1120. The predicted octanol–water partition coefficient (Wildman–Crippen LogP) is 4.60. The third-order valence-corrected chi connectivity index (χ3v) is 5.58. The molecule has 2 aliphatic heterocycles. The average Bonchev–Trinajstić information content (AvgIpc) is 3.19. The standard InChI is InChI=1S/C23H23NO5/c1-5-27-19-9-15-13-6-7-18(25-3)23(26-4)17(13)11-24(2)22(15)16-10-21-20(8-14(16)19)28-12-29-21/h6-10H,5,11-12H2,1-4H3. The van der Waals surface area contributed by atoms with Crippen molar-refractivity contribution in [2.75, 3.05) is 39.6 Å². The summed E-state index contributed by atoms with van der Waals surface area (Å²) in [6, 6.07) is 10.2. The minimum Gasteiger partial charge on any atom is -0.493 e. The van der Waals surface area contributed by atoms with Crippen LogP contribution in [0.15, 0.2) is 30.3 Å². The fourth-order valence-electron chi connectivity index (χ4n) is 4.37. The van der Waals surface area contributed by atoms with E-state index in [0.29, 0.717) is 13.2 Å². The summed E-state index contributed by atoms with van der Waals surface area (Å²) in [6.45, 7) is 3.52. The maximum absolute atomic E-state index is 6.03. The van der Waals surface area contributed by atoms with Crippen molar-refractivity contribution in [1.29, 1.82) is 0 Å². The minimum atomic E-state index is 0.244. The first-order valence-corrected chi connectivity index (χ1v) is 9.64. The quantitative estimate of drug-likeness (QED) is 0.646. The Balaban J connectivity index is 1.84. The van der Waals surface area contributed by atoms with Crippen LogP contribution in [-0.4, -0.2) is 34.7 Å². The molecule has 6 nitrogen and oxygen atoms in total. The maximum atomic E-state index is 6.03. The molecule has 0 unspecified atom stereocenters. The molecule has 0 fully saturated rings. The first-order chi connectivity index (χ1) is 14.2. The molecule has 3 aromatic carbocycles. The first-order valence-electron chi connectivity index (χ1n) is 9.64. The summed E-state index contributed by atoms with van der Waals surface area (Å²) in [5, 5.41) is 2.10. The molecular weight excluding hydrogens is 370 g/mol. The second kappa shape index (κ2) is 6.65. The van der Waals surface area contributed by atoms with Gasteiger partial charge in [0.2, 0.25) is 6.79 Å². The maximum Gasteiger partial charge on any atom is 0.231 e. The molecule has 0 saturated heterocycles. The fraction of sp³-hybridized carbons (Fsp3) is 0.304. The molecule has 0 aromatic heterocycles. The minimum absolute atomic E-state index is 0.244. The van der Waals surface area contributed by atoms with E-state index in [9.17, 15) is 0 Å². The lowest BCUT2D eigenvalue weighted by atomic mass is 9.89. The Morgan fingerprint density at radius 3 is 2.38 bits per heavy atom. The van der Waals surface area contributed by atoms with Crippen molar-refractivity contribution in [2.24, 2.45) is 0 Å². The van der Waals surface area contributed by atoms with Crippen LogP contribution in [0.1, 0.15) is 12.5 Å². The van der Waals surface area contributed by atoms with Crippen LogP contribution in [0.4, 0.5) is 5.69 Å². The molecule has 3 aromatic rings. The second-order valence-electron chi connectivity index (χ2n) is 7.14. The van der Waals surface area contributed by atoms with E-state index in [2.05, 4.69) is 30.1 Å². The molecule has 150 valence electrons. The Hall–Kier alpha value is -3.28. The largest absolute Gasteiger partial charge is 0.493 e. The average molecular weight is 393 g/mol. The molecule has 0 atom stereocenters. The Kier molecular flexibility index (Phi) is 4.08. The predicted molar refractivity (Wildman–Crippen MR) is 112 cm³/mol. The van der Waals surface area contributed by atoms with Gasteiger partial charge in [0.25, 0.3) is 0 Å². The van der Waals surface area contributed by atoms with Crippen LogP contribution in [0.25, 0.3) is 21.9 Å². The molecule has 2 aliphatic rings. The zero-order valence-electron chi connectivity index (χ0n) is 17.0. The number of hydrogen-bond donors (Lipinski definition) is 0. The lowest BCUT2D eigenvalue weighted by Crippen LogP contribution is -2.23. The Morgan fingerprint density at radius 2 is 1.69 bits per heavy atom. The number of ether oxygens (including phenoxy) is 5. The van der Waals surface area contributed by atoms with Gasteiger partial charge in [-0.3, -0.25) is 0 Å². The van der Waals surface area contributed by atoms with Gasteiger partial charge in [0, 0.05) is 35.5 Å². The normalized spacial score (nSPS) is 13.9. The number of rotatable bonds is 4. The summed E-state index contributed by atoms with van der Waals surface area (Å²) in [7, 11) is 5.43. The van der Waals surface area contributed by atoms with Gasteiger partial charge in [-0.25, -0.2) is 0 Å². The van der Waals surface area contributed by atoms with Crippen LogP contribution < -0.4 is 28.6 Å². The monoisotopic (exact) mass is 393 g/mol. The molecule has 2 heterocycles. The van der Waals surface area contributed by atoms with Gasteiger partial charge in [0.15, 0.2) is 23.0 Å². The highest BCUT2D eigenvalue weighted by molar-refractivity contribution is 6.08. The van der Waals surface area contributed by atoms with Gasteiger partial charge >= 0.3 is 0 Å². The summed E-state index contributed by atoms with van der Waals surface area (Å²) in [4.78, 5) is 2.24. The zero-order chi connectivity index (χ0) is 20.1. The number of methoxy groups -OCH3 is 2. The van der Waals surface area contributed by atoms with Crippen molar-refractivity contribution in [3.05, 3.63) is 35.9 Å². The van der Waals surface area contributed by atoms with E-state index in [1.807, 2.05) is 19.1 Å². The third-order valence-electron chi connectivity index (χ3n) is 5.58. The van der Waals surface area contributed by atoms with Gasteiger partial charge in [-0.05, 0) is 42.8 Å². The third kappa shape index (κ3) is 2.55. The van der Waals surface area contributed by atoms with E-state index < -0.39 is 0 Å². The number of hydrogen-bond acceptors (Lipinski definition) is 6. The summed E-state index contributed by atoms with van der Waals surface area (Å²) in [6.07, 6.45) is 0. The lowest BCUT2D eigenvalue weighted by molar-refractivity contribution is 0.174. The summed E-state index contributed by atoms with van der Waals surface area (Å²) in [5.74, 6) is 3.85. The second-order valence-corrected chi connectivity index (χ2v) is 7.14. The van der Waals surface area contributed by atoms with Crippen LogP contribution in [0.5, 0.6) is 28.7 Å². The number of anilines is 1. The van der Waals surface area contributed by atoms with Gasteiger partial charge < -0.3 is 28.6 Å². The van der Waals surface area contributed by atoms with E-state index >= 15 is 0 Å². The van der Waals surface area contributed by atoms with Crippen molar-refractivity contribution >= 4 is 16.5 Å². The Morgan fingerprint density at radius 1 is 0.931 bits per heavy atom. The van der Waals surface area contributed by atoms with Crippen LogP contribution >= 0.6 is 0 Å². The molecule has 6 heteroatoms. The molecule has 0 bridgehead atoms. The first kappa shape index (κ1) is 17.8. The fourth-order valence-corrected chi connectivity index (χ4v) is 4.37. The van der Waals surface area contributed by atoms with E-state index in [-0.39, 0.29) is 6.79 Å². The van der Waals surface area contributed by atoms with Crippen LogP contribution in [0.3, 0.4) is 0 Å². The van der Waals surface area contributed by atoms with Gasteiger partial charge in [-0.2, -0.15) is 0 Å². The van der Waals surface area contributed by atoms with Crippen LogP contribution in [-0.2, 0) is 6.54 Å². The molecule has 0 spiro atoms. The van der Waals surface area contributed by atoms with E-state index in [4.69, 9.17) is 23.7 Å². The van der Waals surface area contributed by atoms with Crippen molar-refractivity contribution < 1.29 is 23.7 Å². The Labute approximate surface area is 169 Å². The summed E-state index contributed by atoms with van der Waals surface area (Å²) < 4.78 is 28.5. The number of benzene rings is 3. The van der Waals surface area contributed by atoms with Gasteiger partial charge in [0.1, 0.15) is 5.75 Å². The van der Waals surface area contributed by atoms with Gasteiger partial charge in [-0.1, -0.05) is 0 Å². The molecular formula is C23H23NO5. The molecule has 0 aliphatic carbocycles. The summed E-state index contributed by atoms with van der Waals surface area (Å²) >= 11 is 0. The van der Waals surface area contributed by atoms with Crippen molar-refractivity contribution in [1.82, 2.24) is 0 Å². The zero-order valence-corrected chi connectivity index (χ0v) is 17.0. The lowest BCUT2D eigenvalue weighted by Gasteiger charge is -2.33. The van der Waals surface area contributed by atoms with Gasteiger partial charge in [0.05, 0.1) is 26.5 Å². The molecule has 5 rings (SSSR count). The van der Waals surface area contributed by atoms with Gasteiger partial charge in [-0.15, -0.1) is 0 Å². The number of fused-ring (bicyclic) bond motifs is 6. The highest BCUT2D eigenvalue weighted by Crippen LogP contribution is 2.52.